The van der Waals surface area contributed by atoms with Crippen LogP contribution in [-0.4, -0.2) is 16.1 Å². The minimum absolute atomic E-state index is 0.0497. The SMILES string of the molecule is O=C(O)c1cccc(Sc2ccccc2F)n1. The summed E-state index contributed by atoms with van der Waals surface area (Å²) in [7, 11) is 0. The fourth-order valence-electron chi connectivity index (χ4n) is 1.23. The average molecular weight is 249 g/mol. The number of rotatable bonds is 3. The number of carboxylic acid groups (broad SMARTS) is 1. The Labute approximate surface area is 101 Å². The smallest absolute Gasteiger partial charge is 0.354 e. The standard InChI is InChI=1S/C12H8FNO2S/c13-8-4-1-2-6-10(8)17-11-7-3-5-9(14-11)12(15)16/h1-7H,(H,15,16). The van der Waals surface area contributed by atoms with E-state index in [1.54, 1.807) is 30.3 Å². The maximum absolute atomic E-state index is 13.4. The van der Waals surface area contributed by atoms with Crippen LogP contribution in [0.3, 0.4) is 0 Å². The Balaban J connectivity index is 2.28. The van der Waals surface area contributed by atoms with Gasteiger partial charge in [0, 0.05) is 4.90 Å². The normalized spacial score (nSPS) is 10.2. The first-order valence-electron chi connectivity index (χ1n) is 4.79. The molecule has 0 atom stereocenters. The molecule has 17 heavy (non-hydrogen) atoms. The number of hydrogen-bond acceptors (Lipinski definition) is 3. The van der Waals surface area contributed by atoms with E-state index in [1.807, 2.05) is 0 Å². The lowest BCUT2D eigenvalue weighted by Gasteiger charge is -2.02. The summed E-state index contributed by atoms with van der Waals surface area (Å²) in [4.78, 5) is 15.1. The topological polar surface area (TPSA) is 50.2 Å². The number of halogens is 1. The maximum atomic E-state index is 13.4. The molecule has 0 radical (unpaired) electrons. The molecule has 0 aliphatic carbocycles. The Morgan fingerprint density at radius 1 is 1.18 bits per heavy atom. The van der Waals surface area contributed by atoms with Crippen molar-refractivity contribution < 1.29 is 14.3 Å². The van der Waals surface area contributed by atoms with Gasteiger partial charge >= 0.3 is 5.97 Å². The lowest BCUT2D eigenvalue weighted by Crippen LogP contribution is -2.00. The molecule has 0 aliphatic rings. The van der Waals surface area contributed by atoms with E-state index in [0.29, 0.717) is 9.92 Å². The molecule has 3 nitrogen and oxygen atoms in total. The second-order valence-corrected chi connectivity index (χ2v) is 4.26. The van der Waals surface area contributed by atoms with Gasteiger partial charge in [0.25, 0.3) is 0 Å². The molecule has 0 saturated heterocycles. The van der Waals surface area contributed by atoms with Crippen molar-refractivity contribution in [1.29, 1.82) is 0 Å². The van der Waals surface area contributed by atoms with Crippen LogP contribution >= 0.6 is 11.8 Å². The lowest BCUT2D eigenvalue weighted by molar-refractivity contribution is 0.0689. The largest absolute Gasteiger partial charge is 0.477 e. The first-order valence-corrected chi connectivity index (χ1v) is 5.61. The highest BCUT2D eigenvalue weighted by Gasteiger charge is 2.08. The van der Waals surface area contributed by atoms with Crippen LogP contribution in [-0.2, 0) is 0 Å². The van der Waals surface area contributed by atoms with Crippen LogP contribution in [0.1, 0.15) is 10.5 Å². The van der Waals surface area contributed by atoms with Gasteiger partial charge in [0.15, 0.2) is 0 Å². The molecule has 2 rings (SSSR count). The summed E-state index contributed by atoms with van der Waals surface area (Å²) in [6, 6.07) is 10.9. The Morgan fingerprint density at radius 2 is 1.94 bits per heavy atom. The van der Waals surface area contributed by atoms with Crippen molar-refractivity contribution in [3.05, 3.63) is 54.0 Å². The van der Waals surface area contributed by atoms with Gasteiger partial charge in [0.2, 0.25) is 0 Å². The van der Waals surface area contributed by atoms with Crippen molar-refractivity contribution in [3.63, 3.8) is 0 Å². The summed E-state index contributed by atoms with van der Waals surface area (Å²) in [5.41, 5.74) is -0.0497. The van der Waals surface area contributed by atoms with Gasteiger partial charge in [-0.05, 0) is 24.3 Å². The van der Waals surface area contributed by atoms with Crippen LogP contribution < -0.4 is 0 Å². The quantitative estimate of drug-likeness (QED) is 0.908. The lowest BCUT2D eigenvalue weighted by atomic mass is 10.3. The van der Waals surface area contributed by atoms with E-state index in [9.17, 15) is 9.18 Å². The van der Waals surface area contributed by atoms with Gasteiger partial charge in [-0.3, -0.25) is 0 Å². The van der Waals surface area contributed by atoms with Crippen LogP contribution in [0.5, 0.6) is 0 Å². The summed E-state index contributed by atoms with van der Waals surface area (Å²) in [5, 5.41) is 9.24. The number of pyridine rings is 1. The molecule has 0 bridgehead atoms. The molecule has 0 amide bonds. The van der Waals surface area contributed by atoms with E-state index in [0.717, 1.165) is 11.8 Å². The van der Waals surface area contributed by atoms with Crippen LogP contribution in [0.15, 0.2) is 52.4 Å². The molecule has 1 aromatic heterocycles. The number of carbonyl (C=O) groups is 1. The van der Waals surface area contributed by atoms with Crippen molar-refractivity contribution in [2.45, 2.75) is 9.92 Å². The van der Waals surface area contributed by atoms with Crippen LogP contribution in [0.4, 0.5) is 4.39 Å². The van der Waals surface area contributed by atoms with Crippen LogP contribution in [0.2, 0.25) is 0 Å². The van der Waals surface area contributed by atoms with E-state index >= 15 is 0 Å². The molecule has 0 unspecified atom stereocenters. The molecule has 0 saturated carbocycles. The number of benzene rings is 1. The second-order valence-electron chi connectivity index (χ2n) is 3.20. The third kappa shape index (κ3) is 2.82. The molecule has 5 heteroatoms. The predicted octanol–water partition coefficient (Wildman–Crippen LogP) is 3.07. The van der Waals surface area contributed by atoms with Crippen molar-refractivity contribution in [2.75, 3.05) is 0 Å². The molecular formula is C12H8FNO2S. The summed E-state index contributed by atoms with van der Waals surface area (Å²) >= 11 is 1.10. The zero-order valence-electron chi connectivity index (χ0n) is 8.63. The molecule has 1 heterocycles. The molecule has 0 fully saturated rings. The fourth-order valence-corrected chi connectivity index (χ4v) is 2.06. The molecule has 1 aromatic carbocycles. The number of aromatic nitrogens is 1. The van der Waals surface area contributed by atoms with Gasteiger partial charge in [0.1, 0.15) is 16.5 Å². The second kappa shape index (κ2) is 4.97. The summed E-state index contributed by atoms with van der Waals surface area (Å²) in [6.07, 6.45) is 0. The summed E-state index contributed by atoms with van der Waals surface area (Å²) in [5.74, 6) is -1.44. The van der Waals surface area contributed by atoms with Crippen molar-refractivity contribution in [1.82, 2.24) is 4.98 Å². The number of nitrogens with zero attached hydrogens (tertiary/aromatic N) is 1. The van der Waals surface area contributed by atoms with E-state index in [1.165, 1.54) is 12.1 Å². The van der Waals surface area contributed by atoms with Gasteiger partial charge < -0.3 is 5.11 Å². The first-order chi connectivity index (χ1) is 8.16. The highest BCUT2D eigenvalue weighted by molar-refractivity contribution is 7.99. The Morgan fingerprint density at radius 3 is 2.65 bits per heavy atom. The highest BCUT2D eigenvalue weighted by Crippen LogP contribution is 2.28. The van der Waals surface area contributed by atoms with Gasteiger partial charge in [-0.15, -0.1) is 0 Å². The number of aromatic carboxylic acids is 1. The summed E-state index contributed by atoms with van der Waals surface area (Å²) < 4.78 is 13.4. The van der Waals surface area contributed by atoms with Gasteiger partial charge in [-0.25, -0.2) is 14.2 Å². The molecule has 2 aromatic rings. The zero-order chi connectivity index (χ0) is 12.3. The monoisotopic (exact) mass is 249 g/mol. The zero-order valence-corrected chi connectivity index (χ0v) is 9.45. The van der Waals surface area contributed by atoms with E-state index in [-0.39, 0.29) is 11.5 Å². The third-order valence-corrected chi connectivity index (χ3v) is 2.98. The Kier molecular flexibility index (Phi) is 3.39. The van der Waals surface area contributed by atoms with Crippen molar-refractivity contribution >= 4 is 17.7 Å². The average Bonchev–Trinajstić information content (AvgIpc) is 2.32. The van der Waals surface area contributed by atoms with E-state index in [2.05, 4.69) is 4.98 Å². The minimum Gasteiger partial charge on any atom is -0.477 e. The number of carboxylic acids is 1. The van der Waals surface area contributed by atoms with Crippen LogP contribution in [0.25, 0.3) is 0 Å². The number of hydrogen-bond donors (Lipinski definition) is 1. The molecule has 1 N–H and O–H groups in total. The Hall–Kier alpha value is -1.88. The fraction of sp³-hybridized carbons (Fsp3) is 0. The minimum atomic E-state index is -1.10. The maximum Gasteiger partial charge on any atom is 0.354 e. The predicted molar refractivity (Wildman–Crippen MR) is 61.7 cm³/mol. The van der Waals surface area contributed by atoms with E-state index in [4.69, 9.17) is 5.11 Å². The molecule has 0 aliphatic heterocycles. The van der Waals surface area contributed by atoms with Gasteiger partial charge in [0.05, 0.1) is 0 Å². The molecular weight excluding hydrogens is 241 g/mol. The highest BCUT2D eigenvalue weighted by atomic mass is 32.2. The van der Waals surface area contributed by atoms with Gasteiger partial charge in [-0.2, -0.15) is 0 Å². The van der Waals surface area contributed by atoms with Crippen molar-refractivity contribution in [2.24, 2.45) is 0 Å². The molecule has 0 spiro atoms. The third-order valence-electron chi connectivity index (χ3n) is 1.99. The van der Waals surface area contributed by atoms with Crippen molar-refractivity contribution in [3.8, 4) is 0 Å². The van der Waals surface area contributed by atoms with E-state index < -0.39 is 5.97 Å². The molecule has 86 valence electrons. The Bertz CT molecular complexity index is 560. The summed E-state index contributed by atoms with van der Waals surface area (Å²) in [6.45, 7) is 0. The first kappa shape index (κ1) is 11.6. The van der Waals surface area contributed by atoms with Gasteiger partial charge in [-0.1, -0.05) is 30.0 Å². The van der Waals surface area contributed by atoms with Crippen LogP contribution in [0, 0.1) is 5.82 Å².